The zero-order chi connectivity index (χ0) is 11.0. The van der Waals surface area contributed by atoms with E-state index in [0.717, 1.165) is 0 Å². The Bertz CT molecular complexity index is 523. The van der Waals surface area contributed by atoms with Crippen LogP contribution in [0.5, 0.6) is 0 Å². The highest BCUT2D eigenvalue weighted by Gasteiger charge is 2.19. The number of pyridine rings is 1. The molecular weight excluding hydrogens is 218 g/mol. The van der Waals surface area contributed by atoms with Crippen molar-refractivity contribution in [3.63, 3.8) is 0 Å². The number of aromatic nitrogens is 2. The number of fused-ring (bicyclic) bond motifs is 1. The van der Waals surface area contributed by atoms with Gasteiger partial charge in [-0.15, -0.1) is 0 Å². The Morgan fingerprint density at radius 1 is 1.67 bits per heavy atom. The molecule has 5 nitrogen and oxygen atoms in total. The molecular formula is C9H8ClN3O2. The van der Waals surface area contributed by atoms with E-state index in [0.29, 0.717) is 10.5 Å². The molecule has 0 saturated heterocycles. The van der Waals surface area contributed by atoms with Crippen LogP contribution in [0.25, 0.3) is 5.52 Å². The number of rotatable bonds is 2. The number of halogens is 1. The van der Waals surface area contributed by atoms with Gasteiger partial charge >= 0.3 is 0 Å². The summed E-state index contributed by atoms with van der Waals surface area (Å²) in [7, 11) is 0. The van der Waals surface area contributed by atoms with Gasteiger partial charge in [-0.3, -0.25) is 4.79 Å². The summed E-state index contributed by atoms with van der Waals surface area (Å²) in [6, 6.07) is 3.28. The van der Waals surface area contributed by atoms with Gasteiger partial charge in [0.2, 0.25) is 0 Å². The van der Waals surface area contributed by atoms with E-state index in [1.165, 1.54) is 6.33 Å². The van der Waals surface area contributed by atoms with Crippen molar-refractivity contribution in [1.29, 1.82) is 0 Å². The van der Waals surface area contributed by atoms with Crippen LogP contribution in [0.2, 0.25) is 5.02 Å². The highest BCUT2D eigenvalue weighted by Crippen LogP contribution is 2.20. The summed E-state index contributed by atoms with van der Waals surface area (Å²) >= 11 is 5.79. The lowest BCUT2D eigenvalue weighted by atomic mass is 10.2. The van der Waals surface area contributed by atoms with E-state index in [2.05, 4.69) is 4.98 Å². The molecule has 2 aromatic heterocycles. The fourth-order valence-corrected chi connectivity index (χ4v) is 1.49. The molecule has 0 aliphatic rings. The number of carbonyl (C=O) groups excluding carboxylic acids is 1. The number of hydrogen-bond acceptors (Lipinski definition) is 3. The lowest BCUT2D eigenvalue weighted by Crippen LogP contribution is -2.21. The van der Waals surface area contributed by atoms with E-state index in [9.17, 15) is 9.90 Å². The monoisotopic (exact) mass is 225 g/mol. The van der Waals surface area contributed by atoms with E-state index >= 15 is 0 Å². The summed E-state index contributed by atoms with van der Waals surface area (Å²) in [5.41, 5.74) is 5.76. The average molecular weight is 226 g/mol. The molecule has 0 spiro atoms. The van der Waals surface area contributed by atoms with Crippen molar-refractivity contribution < 1.29 is 9.90 Å². The molecule has 0 aliphatic carbocycles. The molecule has 78 valence electrons. The molecule has 0 saturated carbocycles. The molecule has 0 aromatic carbocycles. The Labute approximate surface area is 90.1 Å². The number of carbonyl (C=O) groups is 1. The molecule has 1 unspecified atom stereocenters. The fraction of sp³-hybridized carbons (Fsp3) is 0.111. The number of primary amides is 1. The number of aliphatic hydroxyl groups is 1. The van der Waals surface area contributed by atoms with Gasteiger partial charge in [0.25, 0.3) is 5.91 Å². The molecule has 0 fully saturated rings. The summed E-state index contributed by atoms with van der Waals surface area (Å²) < 4.78 is 1.65. The minimum atomic E-state index is -1.41. The first-order valence-electron chi connectivity index (χ1n) is 4.19. The molecule has 0 aliphatic heterocycles. The van der Waals surface area contributed by atoms with Gasteiger partial charge in [0.15, 0.2) is 6.10 Å². The fourth-order valence-electron chi connectivity index (χ4n) is 1.33. The maximum atomic E-state index is 10.8. The summed E-state index contributed by atoms with van der Waals surface area (Å²) in [4.78, 5) is 14.7. The lowest BCUT2D eigenvalue weighted by molar-refractivity contribution is -0.126. The highest BCUT2D eigenvalue weighted by molar-refractivity contribution is 6.30. The third kappa shape index (κ3) is 1.67. The van der Waals surface area contributed by atoms with Crippen LogP contribution in [0.15, 0.2) is 24.7 Å². The second kappa shape index (κ2) is 3.52. The quantitative estimate of drug-likeness (QED) is 0.781. The molecule has 2 heterocycles. The number of amides is 1. The van der Waals surface area contributed by atoms with Gasteiger partial charge in [-0.2, -0.15) is 0 Å². The van der Waals surface area contributed by atoms with Crippen molar-refractivity contribution in [3.8, 4) is 0 Å². The second-order valence-electron chi connectivity index (χ2n) is 3.07. The van der Waals surface area contributed by atoms with Gasteiger partial charge in [-0.05, 0) is 12.1 Å². The summed E-state index contributed by atoms with van der Waals surface area (Å²) in [5.74, 6) is -0.837. The number of hydrogen-bond donors (Lipinski definition) is 2. The Kier molecular flexibility index (Phi) is 2.34. The summed E-state index contributed by atoms with van der Waals surface area (Å²) in [6.45, 7) is 0. The Morgan fingerprint density at radius 2 is 2.40 bits per heavy atom. The smallest absolute Gasteiger partial charge is 0.252 e. The maximum Gasteiger partial charge on any atom is 0.252 e. The predicted molar refractivity (Wildman–Crippen MR) is 54.4 cm³/mol. The zero-order valence-electron chi connectivity index (χ0n) is 7.59. The SMILES string of the molecule is NC(=O)C(O)c1ncn2ccc(Cl)cc12. The normalized spacial score (nSPS) is 12.9. The van der Waals surface area contributed by atoms with Gasteiger partial charge in [-0.25, -0.2) is 4.98 Å². The minimum Gasteiger partial charge on any atom is -0.377 e. The van der Waals surface area contributed by atoms with Crippen LogP contribution >= 0.6 is 11.6 Å². The van der Waals surface area contributed by atoms with Crippen molar-refractivity contribution >= 4 is 23.0 Å². The number of aliphatic hydroxyl groups excluding tert-OH is 1. The van der Waals surface area contributed by atoms with Gasteiger partial charge < -0.3 is 15.2 Å². The number of nitrogens with two attached hydrogens (primary N) is 1. The van der Waals surface area contributed by atoms with Crippen molar-refractivity contribution in [2.24, 2.45) is 5.73 Å². The molecule has 0 radical (unpaired) electrons. The molecule has 2 rings (SSSR count). The van der Waals surface area contributed by atoms with Crippen molar-refractivity contribution in [3.05, 3.63) is 35.4 Å². The minimum absolute atomic E-state index is 0.213. The molecule has 6 heteroatoms. The molecule has 1 atom stereocenters. The molecule has 3 N–H and O–H groups in total. The first-order valence-corrected chi connectivity index (χ1v) is 4.57. The average Bonchev–Trinajstić information content (AvgIpc) is 2.59. The Morgan fingerprint density at radius 3 is 3.07 bits per heavy atom. The predicted octanol–water partition coefficient (Wildman–Crippen LogP) is 0.506. The largest absolute Gasteiger partial charge is 0.377 e. The Balaban J connectivity index is 2.61. The lowest BCUT2D eigenvalue weighted by Gasteiger charge is -2.03. The number of nitrogens with zero attached hydrogens (tertiary/aromatic N) is 2. The van der Waals surface area contributed by atoms with E-state index in [1.807, 2.05) is 0 Å². The van der Waals surface area contributed by atoms with Crippen LogP contribution < -0.4 is 5.73 Å². The van der Waals surface area contributed by atoms with Gasteiger partial charge in [-0.1, -0.05) is 11.6 Å². The second-order valence-corrected chi connectivity index (χ2v) is 3.51. The first-order chi connectivity index (χ1) is 7.09. The summed E-state index contributed by atoms with van der Waals surface area (Å²) in [6.07, 6.45) is 1.75. The van der Waals surface area contributed by atoms with Crippen LogP contribution in [-0.2, 0) is 4.79 Å². The van der Waals surface area contributed by atoms with Crippen molar-refractivity contribution in [2.45, 2.75) is 6.10 Å². The topological polar surface area (TPSA) is 80.6 Å². The standard InChI is InChI=1S/C9H8ClN3O2/c10-5-1-2-13-4-12-7(6(13)3-5)8(14)9(11)15/h1-4,8,14H,(H2,11,15). The van der Waals surface area contributed by atoms with Gasteiger partial charge in [0, 0.05) is 11.2 Å². The third-order valence-electron chi connectivity index (χ3n) is 2.06. The van der Waals surface area contributed by atoms with E-state index in [4.69, 9.17) is 17.3 Å². The molecule has 0 bridgehead atoms. The zero-order valence-corrected chi connectivity index (χ0v) is 8.35. The molecule has 15 heavy (non-hydrogen) atoms. The van der Waals surface area contributed by atoms with Gasteiger partial charge in [0.1, 0.15) is 5.69 Å². The van der Waals surface area contributed by atoms with Crippen molar-refractivity contribution in [2.75, 3.05) is 0 Å². The first kappa shape index (κ1) is 9.95. The number of imidazole rings is 1. The highest BCUT2D eigenvalue weighted by atomic mass is 35.5. The van der Waals surface area contributed by atoms with E-state index in [-0.39, 0.29) is 5.69 Å². The van der Waals surface area contributed by atoms with Crippen LogP contribution in [0.4, 0.5) is 0 Å². The van der Waals surface area contributed by atoms with Gasteiger partial charge in [0.05, 0.1) is 11.8 Å². The van der Waals surface area contributed by atoms with Crippen molar-refractivity contribution in [1.82, 2.24) is 9.38 Å². The van der Waals surface area contributed by atoms with Crippen LogP contribution in [0, 0.1) is 0 Å². The summed E-state index contributed by atoms with van der Waals surface area (Å²) in [5, 5.41) is 9.98. The Hall–Kier alpha value is -1.59. The van der Waals surface area contributed by atoms with Crippen LogP contribution in [0.1, 0.15) is 11.8 Å². The van der Waals surface area contributed by atoms with E-state index < -0.39 is 12.0 Å². The molecule has 1 amide bonds. The van der Waals surface area contributed by atoms with E-state index in [1.54, 1.807) is 22.7 Å². The van der Waals surface area contributed by atoms with Crippen LogP contribution in [0.3, 0.4) is 0 Å². The third-order valence-corrected chi connectivity index (χ3v) is 2.29. The van der Waals surface area contributed by atoms with Crippen LogP contribution in [-0.4, -0.2) is 20.4 Å². The maximum absolute atomic E-state index is 10.8. The molecule has 2 aromatic rings.